The van der Waals surface area contributed by atoms with E-state index in [2.05, 4.69) is 0 Å². The van der Waals surface area contributed by atoms with Crippen molar-refractivity contribution in [2.24, 2.45) is 11.8 Å². The number of carboxylic acids is 2. The maximum Gasteiger partial charge on any atom is 0.306 e. The van der Waals surface area contributed by atoms with Crippen LogP contribution in [0.4, 0.5) is 0 Å². The average Bonchev–Trinajstić information content (AvgIpc) is 2.04. The number of carboxylic acid groups (broad SMARTS) is 2. The summed E-state index contributed by atoms with van der Waals surface area (Å²) in [4.78, 5) is 21.0. The molecule has 1 saturated carbocycles. The number of rotatable bonds is 2. The Morgan fingerprint density at radius 2 is 1.08 bits per heavy atom. The molecule has 0 atom stereocenters. The van der Waals surface area contributed by atoms with Crippen molar-refractivity contribution >= 4 is 11.9 Å². The molecule has 0 radical (unpaired) electrons. The van der Waals surface area contributed by atoms with E-state index in [0.29, 0.717) is 25.7 Å². The summed E-state index contributed by atoms with van der Waals surface area (Å²) in [7, 11) is 0. The quantitative estimate of drug-likeness (QED) is 0.741. The van der Waals surface area contributed by atoms with Crippen molar-refractivity contribution in [2.75, 3.05) is 0 Å². The minimum absolute atomic E-state index is 0. The Labute approximate surface area is 96.5 Å². The Bertz CT molecular complexity index is 174. The summed E-state index contributed by atoms with van der Waals surface area (Å²) >= 11 is 0. The molecule has 0 spiro atoms. The fourth-order valence-corrected chi connectivity index (χ4v) is 1.59. The van der Waals surface area contributed by atoms with Gasteiger partial charge in [-0.05, 0) is 25.7 Å². The zero-order valence-electron chi connectivity index (χ0n) is 7.40. The zero-order chi connectivity index (χ0) is 9.14. The summed E-state index contributed by atoms with van der Waals surface area (Å²) in [6.07, 6.45) is 2.03. The molecule has 0 aliphatic heterocycles. The van der Waals surface area contributed by atoms with E-state index in [1.807, 2.05) is 0 Å². The van der Waals surface area contributed by atoms with Crippen molar-refractivity contribution in [3.8, 4) is 0 Å². The Balaban J connectivity index is 0.00000144. The summed E-state index contributed by atoms with van der Waals surface area (Å²) in [6, 6.07) is 0. The van der Waals surface area contributed by atoms with Crippen LogP contribution in [0.2, 0.25) is 0 Å². The first-order valence-corrected chi connectivity index (χ1v) is 4.07. The molecular formula is C8H12CdO4. The van der Waals surface area contributed by atoms with Gasteiger partial charge in [0.2, 0.25) is 0 Å². The molecule has 1 rings (SSSR count). The molecule has 0 aromatic heterocycles. The second kappa shape index (κ2) is 5.56. The van der Waals surface area contributed by atoms with Gasteiger partial charge in [0.1, 0.15) is 0 Å². The predicted molar refractivity (Wildman–Crippen MR) is 40.7 cm³/mol. The van der Waals surface area contributed by atoms with Gasteiger partial charge in [0.05, 0.1) is 11.8 Å². The largest absolute Gasteiger partial charge is 0.481 e. The summed E-state index contributed by atoms with van der Waals surface area (Å²) in [5.74, 6) is -2.22. The summed E-state index contributed by atoms with van der Waals surface area (Å²) in [6.45, 7) is 0. The van der Waals surface area contributed by atoms with Gasteiger partial charge in [-0.25, -0.2) is 0 Å². The number of aliphatic carboxylic acids is 2. The van der Waals surface area contributed by atoms with E-state index in [1.54, 1.807) is 0 Å². The number of carbonyl (C=O) groups is 2. The van der Waals surface area contributed by atoms with Crippen LogP contribution in [0.5, 0.6) is 0 Å². The standard InChI is InChI=1S/C8H12O4.Cd/c9-7(10)5-1-2-6(4-3-5)8(11)12;/h5-6H,1-4H2,(H,9,10)(H,11,12);. The van der Waals surface area contributed by atoms with Crippen molar-refractivity contribution in [3.63, 3.8) is 0 Å². The SMILES string of the molecule is O=C(O)C1CCC(C(=O)O)CC1.[Cd]. The van der Waals surface area contributed by atoms with E-state index >= 15 is 0 Å². The molecule has 0 bridgehead atoms. The van der Waals surface area contributed by atoms with Crippen LogP contribution in [0.25, 0.3) is 0 Å². The van der Waals surface area contributed by atoms with Crippen LogP contribution >= 0.6 is 0 Å². The third kappa shape index (κ3) is 3.62. The minimum Gasteiger partial charge on any atom is -0.481 e. The Hall–Kier alpha value is -0.138. The Kier molecular flexibility index (Phi) is 5.50. The first-order valence-electron chi connectivity index (χ1n) is 4.07. The van der Waals surface area contributed by atoms with Crippen molar-refractivity contribution in [1.29, 1.82) is 0 Å². The van der Waals surface area contributed by atoms with Crippen LogP contribution in [0.1, 0.15) is 25.7 Å². The predicted octanol–water partition coefficient (Wildman–Crippen LogP) is 0.959. The van der Waals surface area contributed by atoms with Crippen LogP contribution in [0.3, 0.4) is 0 Å². The molecule has 0 saturated heterocycles. The molecule has 0 aromatic rings. The van der Waals surface area contributed by atoms with Crippen LogP contribution < -0.4 is 0 Å². The van der Waals surface area contributed by atoms with Crippen molar-refractivity contribution in [1.82, 2.24) is 0 Å². The third-order valence-corrected chi connectivity index (χ3v) is 2.43. The van der Waals surface area contributed by atoms with Gasteiger partial charge >= 0.3 is 11.9 Å². The van der Waals surface area contributed by atoms with E-state index in [-0.39, 0.29) is 39.1 Å². The second-order valence-electron chi connectivity index (χ2n) is 3.23. The molecule has 13 heavy (non-hydrogen) atoms. The topological polar surface area (TPSA) is 74.6 Å². The molecule has 0 amide bonds. The van der Waals surface area contributed by atoms with Gasteiger partial charge < -0.3 is 10.2 Å². The smallest absolute Gasteiger partial charge is 0.306 e. The molecule has 4 nitrogen and oxygen atoms in total. The van der Waals surface area contributed by atoms with Gasteiger partial charge in [0, 0.05) is 27.3 Å². The van der Waals surface area contributed by atoms with Crippen LogP contribution in [-0.2, 0) is 36.9 Å². The molecule has 5 heteroatoms. The van der Waals surface area contributed by atoms with Crippen molar-refractivity contribution in [3.05, 3.63) is 0 Å². The van der Waals surface area contributed by atoms with Crippen molar-refractivity contribution in [2.45, 2.75) is 25.7 Å². The van der Waals surface area contributed by atoms with E-state index in [0.717, 1.165) is 0 Å². The molecule has 1 aliphatic carbocycles. The molecule has 1 aliphatic rings. The summed E-state index contributed by atoms with van der Waals surface area (Å²) in [5, 5.41) is 17.2. The van der Waals surface area contributed by atoms with E-state index in [9.17, 15) is 9.59 Å². The molecule has 1 fully saturated rings. The minimum atomic E-state index is -0.793. The average molecular weight is 285 g/mol. The Morgan fingerprint density at radius 1 is 0.846 bits per heavy atom. The zero-order valence-corrected chi connectivity index (χ0v) is 11.4. The first-order chi connectivity index (χ1) is 5.61. The van der Waals surface area contributed by atoms with Gasteiger partial charge in [0.15, 0.2) is 0 Å². The van der Waals surface area contributed by atoms with Gasteiger partial charge in [-0.15, -0.1) is 0 Å². The molecule has 2 N–H and O–H groups in total. The maximum absolute atomic E-state index is 10.5. The van der Waals surface area contributed by atoms with Crippen LogP contribution in [0, 0.1) is 11.8 Å². The fraction of sp³-hybridized carbons (Fsp3) is 0.750. The first kappa shape index (κ1) is 12.9. The van der Waals surface area contributed by atoms with Crippen molar-refractivity contribution < 1.29 is 47.1 Å². The second-order valence-corrected chi connectivity index (χ2v) is 3.23. The molecule has 0 unspecified atom stereocenters. The normalized spacial score (nSPS) is 27.4. The number of hydrogen-bond donors (Lipinski definition) is 2. The van der Waals surface area contributed by atoms with E-state index in [1.165, 1.54) is 0 Å². The van der Waals surface area contributed by atoms with E-state index < -0.39 is 11.9 Å². The van der Waals surface area contributed by atoms with E-state index in [4.69, 9.17) is 10.2 Å². The maximum atomic E-state index is 10.5. The van der Waals surface area contributed by atoms with Gasteiger partial charge in [-0.3, -0.25) is 9.59 Å². The monoisotopic (exact) mass is 286 g/mol. The number of hydrogen-bond acceptors (Lipinski definition) is 2. The van der Waals surface area contributed by atoms with Gasteiger partial charge in [-0.1, -0.05) is 0 Å². The van der Waals surface area contributed by atoms with Gasteiger partial charge in [0.25, 0.3) is 0 Å². The molecule has 0 heterocycles. The third-order valence-electron chi connectivity index (χ3n) is 2.43. The van der Waals surface area contributed by atoms with Crippen LogP contribution in [0.15, 0.2) is 0 Å². The molecule has 70 valence electrons. The molecule has 0 aromatic carbocycles. The van der Waals surface area contributed by atoms with Gasteiger partial charge in [-0.2, -0.15) is 0 Å². The fourth-order valence-electron chi connectivity index (χ4n) is 1.59. The summed E-state index contributed by atoms with van der Waals surface area (Å²) < 4.78 is 0. The summed E-state index contributed by atoms with van der Waals surface area (Å²) in [5.41, 5.74) is 0. The Morgan fingerprint density at radius 3 is 1.23 bits per heavy atom. The van der Waals surface area contributed by atoms with Crippen LogP contribution in [-0.4, -0.2) is 22.2 Å². The molecular weight excluding hydrogens is 272 g/mol.